The molecule has 0 radical (unpaired) electrons. The summed E-state index contributed by atoms with van der Waals surface area (Å²) in [6, 6.07) is 7.75. The summed E-state index contributed by atoms with van der Waals surface area (Å²) in [5.74, 6) is 1.69. The van der Waals surface area contributed by atoms with E-state index in [0.29, 0.717) is 29.3 Å². The largest absolute Gasteiger partial charge is 0.379 e. The number of nitrogens with zero attached hydrogens (tertiary/aromatic N) is 4. The van der Waals surface area contributed by atoms with Gasteiger partial charge in [-0.1, -0.05) is 28.9 Å². The maximum atomic E-state index is 6.02. The van der Waals surface area contributed by atoms with Crippen molar-refractivity contribution in [2.45, 2.75) is 26.4 Å². The van der Waals surface area contributed by atoms with Crippen molar-refractivity contribution in [1.29, 1.82) is 0 Å². The number of guanidine groups is 1. The first-order valence-electron chi connectivity index (χ1n) is 9.58. The highest BCUT2D eigenvalue weighted by atomic mass is 35.5. The molecule has 0 spiro atoms. The number of hydrogen-bond acceptors (Lipinski definition) is 6. The van der Waals surface area contributed by atoms with E-state index in [-0.39, 0.29) is 0 Å². The molecule has 9 heteroatoms. The summed E-state index contributed by atoms with van der Waals surface area (Å²) in [5, 5.41) is 11.3. The van der Waals surface area contributed by atoms with Crippen LogP contribution in [0, 0.1) is 0 Å². The van der Waals surface area contributed by atoms with E-state index in [1.54, 1.807) is 6.07 Å². The van der Waals surface area contributed by atoms with Crippen LogP contribution in [-0.4, -0.2) is 66.4 Å². The third-order valence-corrected chi connectivity index (χ3v) is 4.74. The molecule has 0 amide bonds. The van der Waals surface area contributed by atoms with Crippen LogP contribution in [0.1, 0.15) is 19.7 Å². The third kappa shape index (κ3) is 5.92. The molecule has 3 rings (SSSR count). The Kier molecular flexibility index (Phi) is 7.64. The molecule has 2 N–H and O–H groups in total. The van der Waals surface area contributed by atoms with Crippen molar-refractivity contribution in [3.63, 3.8) is 0 Å². The zero-order valence-corrected chi connectivity index (χ0v) is 17.1. The molecule has 1 unspecified atom stereocenters. The van der Waals surface area contributed by atoms with E-state index in [0.717, 1.165) is 50.9 Å². The Morgan fingerprint density at radius 1 is 1.32 bits per heavy atom. The number of ether oxygens (including phenoxy) is 1. The second-order valence-electron chi connectivity index (χ2n) is 6.60. The van der Waals surface area contributed by atoms with Crippen LogP contribution < -0.4 is 10.6 Å². The SMILES string of the molecule is CCNC(=NCc1nc(-c2cccc(Cl)c2)no1)NCC(C)N1CCOCC1. The van der Waals surface area contributed by atoms with E-state index < -0.39 is 0 Å². The highest BCUT2D eigenvalue weighted by Gasteiger charge is 2.17. The van der Waals surface area contributed by atoms with Crippen LogP contribution in [0.5, 0.6) is 0 Å². The quantitative estimate of drug-likeness (QED) is 0.538. The number of benzene rings is 1. The monoisotopic (exact) mass is 406 g/mol. The van der Waals surface area contributed by atoms with Crippen molar-refractivity contribution in [2.24, 2.45) is 4.99 Å². The van der Waals surface area contributed by atoms with Crippen LogP contribution >= 0.6 is 11.6 Å². The van der Waals surface area contributed by atoms with Gasteiger partial charge in [0.05, 0.1) is 13.2 Å². The molecule has 1 saturated heterocycles. The summed E-state index contributed by atoms with van der Waals surface area (Å²) in [6.07, 6.45) is 0. The normalized spacial score (nSPS) is 16.8. The van der Waals surface area contributed by atoms with Gasteiger partial charge in [-0.25, -0.2) is 4.99 Å². The first kappa shape index (κ1) is 20.6. The highest BCUT2D eigenvalue weighted by Crippen LogP contribution is 2.20. The van der Waals surface area contributed by atoms with Gasteiger partial charge in [-0.3, -0.25) is 4.90 Å². The molecule has 1 aliphatic rings. The van der Waals surface area contributed by atoms with Crippen LogP contribution in [0.2, 0.25) is 5.02 Å². The second kappa shape index (κ2) is 10.4. The van der Waals surface area contributed by atoms with E-state index in [1.807, 2.05) is 25.1 Å². The lowest BCUT2D eigenvalue weighted by Crippen LogP contribution is -2.49. The van der Waals surface area contributed by atoms with Gasteiger partial charge in [-0.15, -0.1) is 0 Å². The minimum atomic E-state index is 0.300. The predicted octanol–water partition coefficient (Wildman–Crippen LogP) is 2.17. The third-order valence-electron chi connectivity index (χ3n) is 4.50. The molecule has 1 atom stereocenters. The molecule has 1 aromatic heterocycles. The van der Waals surface area contributed by atoms with Gasteiger partial charge in [0.1, 0.15) is 6.54 Å². The molecular formula is C19H27ClN6O2. The first-order valence-corrected chi connectivity index (χ1v) is 9.96. The van der Waals surface area contributed by atoms with Crippen molar-refractivity contribution < 1.29 is 9.26 Å². The number of aromatic nitrogens is 2. The van der Waals surface area contributed by atoms with Crippen molar-refractivity contribution in [3.05, 3.63) is 35.2 Å². The van der Waals surface area contributed by atoms with Gasteiger partial charge in [0.25, 0.3) is 0 Å². The first-order chi connectivity index (χ1) is 13.7. The van der Waals surface area contributed by atoms with Crippen molar-refractivity contribution in [2.75, 3.05) is 39.4 Å². The maximum absolute atomic E-state index is 6.02. The van der Waals surface area contributed by atoms with Crippen LogP contribution in [-0.2, 0) is 11.3 Å². The fourth-order valence-electron chi connectivity index (χ4n) is 2.94. The number of rotatable bonds is 7. The van der Waals surface area contributed by atoms with Gasteiger partial charge in [0.15, 0.2) is 5.96 Å². The van der Waals surface area contributed by atoms with Crippen LogP contribution in [0.15, 0.2) is 33.8 Å². The Balaban J connectivity index is 1.56. The fourth-order valence-corrected chi connectivity index (χ4v) is 3.13. The smallest absolute Gasteiger partial charge is 0.248 e. The Labute approximate surface area is 170 Å². The Morgan fingerprint density at radius 2 is 2.14 bits per heavy atom. The fraction of sp³-hybridized carbons (Fsp3) is 0.526. The summed E-state index contributed by atoms with van der Waals surface area (Å²) in [4.78, 5) is 11.4. The highest BCUT2D eigenvalue weighted by molar-refractivity contribution is 6.30. The molecule has 1 aromatic carbocycles. The maximum Gasteiger partial charge on any atom is 0.248 e. The second-order valence-corrected chi connectivity index (χ2v) is 7.03. The minimum Gasteiger partial charge on any atom is -0.379 e. The lowest BCUT2D eigenvalue weighted by molar-refractivity contribution is 0.0211. The predicted molar refractivity (Wildman–Crippen MR) is 109 cm³/mol. The van der Waals surface area contributed by atoms with Crippen molar-refractivity contribution >= 4 is 17.6 Å². The van der Waals surface area contributed by atoms with Crippen LogP contribution in [0.4, 0.5) is 0 Å². The summed E-state index contributed by atoms with van der Waals surface area (Å²) in [7, 11) is 0. The molecule has 8 nitrogen and oxygen atoms in total. The zero-order chi connectivity index (χ0) is 19.8. The minimum absolute atomic E-state index is 0.300. The average Bonchev–Trinajstić information content (AvgIpc) is 3.19. The van der Waals surface area contributed by atoms with E-state index in [4.69, 9.17) is 20.9 Å². The topological polar surface area (TPSA) is 87.8 Å². The van der Waals surface area contributed by atoms with Crippen LogP contribution in [0.3, 0.4) is 0 Å². The molecular weight excluding hydrogens is 380 g/mol. The van der Waals surface area contributed by atoms with E-state index in [9.17, 15) is 0 Å². The summed E-state index contributed by atoms with van der Waals surface area (Å²) >= 11 is 6.02. The molecule has 1 aliphatic heterocycles. The molecule has 0 aliphatic carbocycles. The molecule has 0 bridgehead atoms. The summed E-state index contributed by atoms with van der Waals surface area (Å²) in [5.41, 5.74) is 0.816. The van der Waals surface area contributed by atoms with Crippen molar-refractivity contribution in [1.82, 2.24) is 25.7 Å². The Hall–Kier alpha value is -2.16. The van der Waals surface area contributed by atoms with Gasteiger partial charge in [0, 0.05) is 42.8 Å². The average molecular weight is 407 g/mol. The summed E-state index contributed by atoms with van der Waals surface area (Å²) in [6.45, 7) is 9.63. The Morgan fingerprint density at radius 3 is 2.89 bits per heavy atom. The van der Waals surface area contributed by atoms with Crippen LogP contribution in [0.25, 0.3) is 11.4 Å². The number of hydrogen-bond donors (Lipinski definition) is 2. The van der Waals surface area contributed by atoms with Gasteiger partial charge in [-0.2, -0.15) is 4.98 Å². The Bertz CT molecular complexity index is 775. The van der Waals surface area contributed by atoms with Gasteiger partial charge < -0.3 is 19.9 Å². The lowest BCUT2D eigenvalue weighted by atomic mass is 10.2. The molecule has 2 heterocycles. The summed E-state index contributed by atoms with van der Waals surface area (Å²) < 4.78 is 10.7. The van der Waals surface area contributed by atoms with E-state index in [2.05, 4.69) is 37.6 Å². The molecule has 28 heavy (non-hydrogen) atoms. The number of morpholine rings is 1. The van der Waals surface area contributed by atoms with Gasteiger partial charge in [0.2, 0.25) is 11.7 Å². The molecule has 1 fully saturated rings. The standard InChI is InChI=1S/C19H27ClN6O2/c1-3-21-19(22-12-14(2)26-7-9-27-10-8-26)23-13-17-24-18(25-28-17)15-5-4-6-16(20)11-15/h4-6,11,14H,3,7-10,12-13H2,1-2H3,(H2,21,22,23). The van der Waals surface area contributed by atoms with Gasteiger partial charge >= 0.3 is 0 Å². The number of aliphatic imine (C=N–C) groups is 1. The van der Waals surface area contributed by atoms with E-state index in [1.165, 1.54) is 0 Å². The molecule has 0 saturated carbocycles. The number of nitrogens with one attached hydrogen (secondary N) is 2. The molecule has 152 valence electrons. The lowest BCUT2D eigenvalue weighted by Gasteiger charge is -2.32. The van der Waals surface area contributed by atoms with E-state index >= 15 is 0 Å². The zero-order valence-electron chi connectivity index (χ0n) is 16.3. The van der Waals surface area contributed by atoms with Gasteiger partial charge in [-0.05, 0) is 26.0 Å². The number of halogens is 1. The molecule has 2 aromatic rings. The van der Waals surface area contributed by atoms with Crippen molar-refractivity contribution in [3.8, 4) is 11.4 Å².